The summed E-state index contributed by atoms with van der Waals surface area (Å²) in [4.78, 5) is 67.6. The number of anilines is 2. The summed E-state index contributed by atoms with van der Waals surface area (Å²) < 4.78 is 4.74. The van der Waals surface area contributed by atoms with Gasteiger partial charge in [-0.05, 0) is 79.1 Å². The Labute approximate surface area is 308 Å². The van der Waals surface area contributed by atoms with E-state index in [9.17, 15) is 24.3 Å². The number of aryl methyl sites for hydroxylation is 1. The highest BCUT2D eigenvalue weighted by atomic mass is 16.5. The number of nitrogens with zero attached hydrogens (tertiary/aromatic N) is 5. The monoisotopic (exact) mass is 722 g/mol. The van der Waals surface area contributed by atoms with E-state index in [1.807, 2.05) is 75.1 Å². The molecular weight excluding hydrogens is 676 g/mol. The lowest BCUT2D eigenvalue weighted by Gasteiger charge is -2.39. The molecule has 4 amide bonds. The van der Waals surface area contributed by atoms with Crippen LogP contribution < -0.4 is 15.5 Å². The van der Waals surface area contributed by atoms with Crippen molar-refractivity contribution < 1.29 is 29.0 Å². The molecule has 2 aromatic heterocycles. The molecular formula is C39H46N8O6. The number of carboxylic acid groups (broad SMARTS) is 1. The van der Waals surface area contributed by atoms with Gasteiger partial charge in [-0.2, -0.15) is 0 Å². The molecule has 2 fully saturated rings. The molecule has 3 atom stereocenters. The van der Waals surface area contributed by atoms with Gasteiger partial charge in [0.2, 0.25) is 5.91 Å². The molecule has 2 aliphatic heterocycles. The van der Waals surface area contributed by atoms with E-state index in [2.05, 4.69) is 25.6 Å². The van der Waals surface area contributed by atoms with Crippen molar-refractivity contribution in [2.45, 2.75) is 58.7 Å². The second kappa shape index (κ2) is 15.8. The van der Waals surface area contributed by atoms with E-state index in [1.165, 1.54) is 12.0 Å². The van der Waals surface area contributed by atoms with Crippen LogP contribution in [0.1, 0.15) is 61.4 Å². The molecule has 0 unspecified atom stereocenters. The van der Waals surface area contributed by atoms with Gasteiger partial charge in [0.15, 0.2) is 0 Å². The lowest BCUT2D eigenvalue weighted by Crippen LogP contribution is -2.53. The van der Waals surface area contributed by atoms with Crippen molar-refractivity contribution in [3.63, 3.8) is 0 Å². The smallest absolute Gasteiger partial charge is 0.407 e. The number of likely N-dealkylation sites (tertiary alicyclic amines) is 1. The number of hydrogen-bond acceptors (Lipinski definition) is 8. The molecule has 0 radical (unpaired) electrons. The first-order valence-electron chi connectivity index (χ1n) is 17.9. The summed E-state index contributed by atoms with van der Waals surface area (Å²) in [6.07, 6.45) is 3.39. The Hall–Kier alpha value is -5.92. The number of methoxy groups -OCH3 is 1. The number of nitrogens with one attached hydrogen (secondary N) is 3. The largest absolute Gasteiger partial charge is 0.465 e. The third-order valence-corrected chi connectivity index (χ3v) is 10.0. The SMILES string of the molecule is COC(=O)N[C@H](C(=O)N1CCC[C@H]1c1ncc(-c2ccc(-c3ccc(NC(=O)c4ccc(N5CCN(C(=O)O)C[C@H]5C)nc4)cc3C)cc2)[nH]1)C(C)C. The fraction of sp³-hybridized carbons (Fsp3) is 0.385. The van der Waals surface area contributed by atoms with E-state index in [4.69, 9.17) is 4.74 Å². The Bertz CT molecular complexity index is 1960. The summed E-state index contributed by atoms with van der Waals surface area (Å²) in [6.45, 7) is 9.66. The fourth-order valence-corrected chi connectivity index (χ4v) is 7.11. The highest BCUT2D eigenvalue weighted by Gasteiger charge is 2.37. The van der Waals surface area contributed by atoms with Crippen LogP contribution in [0.3, 0.4) is 0 Å². The standard InChI is InChI=1S/C39H46N8O6/c1-23(2)34(44-38(50)53-5)37(49)47-16-6-7-32(47)35-41-21-31(43-35)27-10-8-26(9-11-27)30-14-13-29(19-24(30)3)42-36(48)28-12-15-33(40-20-28)46-18-17-45(39(51)52)22-25(46)4/h8-15,19-21,23,25,32,34H,6-7,16-18,22H2,1-5H3,(H,41,43)(H,42,48)(H,44,50)(H,51,52)/t25-,32+,34+/m1/s1. The first kappa shape index (κ1) is 36.9. The lowest BCUT2D eigenvalue weighted by molar-refractivity contribution is -0.135. The topological polar surface area (TPSA) is 173 Å². The van der Waals surface area contributed by atoms with Crippen LogP contribution in [-0.2, 0) is 9.53 Å². The van der Waals surface area contributed by atoms with E-state index in [0.717, 1.165) is 40.8 Å². The number of benzene rings is 2. The first-order valence-corrected chi connectivity index (χ1v) is 17.9. The molecule has 14 heteroatoms. The maximum atomic E-state index is 13.5. The van der Waals surface area contributed by atoms with Gasteiger partial charge in [-0.15, -0.1) is 0 Å². The van der Waals surface area contributed by atoms with Crippen LogP contribution in [0.5, 0.6) is 0 Å². The number of carbonyl (C=O) groups excluding carboxylic acids is 3. The van der Waals surface area contributed by atoms with Gasteiger partial charge in [-0.25, -0.2) is 19.6 Å². The third kappa shape index (κ3) is 8.11. The van der Waals surface area contributed by atoms with Gasteiger partial charge >= 0.3 is 12.2 Å². The molecule has 0 aliphatic carbocycles. The summed E-state index contributed by atoms with van der Waals surface area (Å²) in [5, 5.41) is 14.9. The Morgan fingerprint density at radius 1 is 0.962 bits per heavy atom. The van der Waals surface area contributed by atoms with Crippen LogP contribution in [0.25, 0.3) is 22.4 Å². The van der Waals surface area contributed by atoms with Crippen LogP contribution in [0.2, 0.25) is 0 Å². The number of hydrogen-bond donors (Lipinski definition) is 4. The number of alkyl carbamates (subject to hydrolysis) is 1. The van der Waals surface area contributed by atoms with Gasteiger partial charge in [0, 0.05) is 44.1 Å². The molecule has 0 bridgehead atoms. The van der Waals surface area contributed by atoms with Gasteiger partial charge in [-0.1, -0.05) is 44.2 Å². The van der Waals surface area contributed by atoms with Crippen molar-refractivity contribution >= 4 is 35.5 Å². The van der Waals surface area contributed by atoms with Crippen molar-refractivity contribution in [1.82, 2.24) is 30.1 Å². The lowest BCUT2D eigenvalue weighted by atomic mass is 9.98. The quantitative estimate of drug-likeness (QED) is 0.163. The molecule has 2 aromatic carbocycles. The first-order chi connectivity index (χ1) is 25.4. The number of amides is 4. The molecule has 2 aliphatic rings. The molecule has 0 spiro atoms. The van der Waals surface area contributed by atoms with Crippen molar-refractivity contribution in [3.8, 4) is 22.4 Å². The predicted octanol–water partition coefficient (Wildman–Crippen LogP) is 5.93. The average Bonchev–Trinajstić information content (AvgIpc) is 3.84. The number of rotatable bonds is 9. The van der Waals surface area contributed by atoms with Gasteiger partial charge in [0.1, 0.15) is 17.7 Å². The van der Waals surface area contributed by atoms with Crippen LogP contribution in [0, 0.1) is 12.8 Å². The zero-order valence-corrected chi connectivity index (χ0v) is 30.6. The van der Waals surface area contributed by atoms with Gasteiger partial charge in [0.25, 0.3) is 5.91 Å². The summed E-state index contributed by atoms with van der Waals surface area (Å²) >= 11 is 0. The van der Waals surface area contributed by atoms with E-state index in [-0.39, 0.29) is 29.8 Å². The van der Waals surface area contributed by atoms with E-state index >= 15 is 0 Å². The number of pyridine rings is 1. The molecule has 6 rings (SSSR count). The number of piperazine rings is 1. The highest BCUT2D eigenvalue weighted by molar-refractivity contribution is 6.04. The number of H-pyrrole nitrogens is 1. The maximum Gasteiger partial charge on any atom is 0.407 e. The minimum atomic E-state index is -0.921. The van der Waals surface area contributed by atoms with Crippen molar-refractivity contribution in [2.75, 3.05) is 43.5 Å². The molecule has 2 saturated heterocycles. The van der Waals surface area contributed by atoms with Crippen molar-refractivity contribution in [2.24, 2.45) is 5.92 Å². The summed E-state index contributed by atoms with van der Waals surface area (Å²) in [5.74, 6) is 0.882. The number of aromatic nitrogens is 3. The van der Waals surface area contributed by atoms with Crippen LogP contribution >= 0.6 is 0 Å². The molecule has 4 heterocycles. The molecule has 278 valence electrons. The van der Waals surface area contributed by atoms with E-state index in [0.29, 0.717) is 49.1 Å². The van der Waals surface area contributed by atoms with Crippen molar-refractivity contribution in [3.05, 3.63) is 83.9 Å². The average molecular weight is 723 g/mol. The second-order valence-electron chi connectivity index (χ2n) is 14.0. The van der Waals surface area contributed by atoms with E-state index in [1.54, 1.807) is 29.4 Å². The summed E-state index contributed by atoms with van der Waals surface area (Å²) in [7, 11) is 1.28. The number of carbonyl (C=O) groups is 4. The molecule has 14 nitrogen and oxygen atoms in total. The molecule has 4 N–H and O–H groups in total. The minimum Gasteiger partial charge on any atom is -0.465 e. The van der Waals surface area contributed by atoms with Gasteiger partial charge < -0.3 is 40.2 Å². The molecule has 0 saturated carbocycles. The summed E-state index contributed by atoms with van der Waals surface area (Å²) in [5.41, 5.74) is 5.93. The Morgan fingerprint density at radius 3 is 2.36 bits per heavy atom. The summed E-state index contributed by atoms with van der Waals surface area (Å²) in [6, 6.07) is 16.5. The Kier molecular flexibility index (Phi) is 11.0. The zero-order valence-electron chi connectivity index (χ0n) is 30.6. The van der Waals surface area contributed by atoms with E-state index < -0.39 is 18.2 Å². The number of ether oxygens (including phenoxy) is 1. The van der Waals surface area contributed by atoms with Crippen LogP contribution in [-0.4, -0.2) is 99.2 Å². The number of imidazole rings is 1. The second-order valence-corrected chi connectivity index (χ2v) is 14.0. The molecule has 4 aromatic rings. The fourth-order valence-electron chi connectivity index (χ4n) is 7.11. The van der Waals surface area contributed by atoms with Crippen LogP contribution in [0.15, 0.2) is 67.0 Å². The highest BCUT2D eigenvalue weighted by Crippen LogP contribution is 2.34. The van der Waals surface area contributed by atoms with Gasteiger partial charge in [0.05, 0.1) is 30.6 Å². The number of aromatic amines is 1. The zero-order chi connectivity index (χ0) is 37.8. The Balaban J connectivity index is 1.08. The normalized spacial score (nSPS) is 17.8. The Morgan fingerprint density at radius 2 is 1.72 bits per heavy atom. The van der Waals surface area contributed by atoms with Crippen LogP contribution in [0.4, 0.5) is 21.1 Å². The predicted molar refractivity (Wildman–Crippen MR) is 201 cm³/mol. The minimum absolute atomic E-state index is 0.0301. The third-order valence-electron chi connectivity index (χ3n) is 10.0. The van der Waals surface area contributed by atoms with Gasteiger partial charge in [-0.3, -0.25) is 9.59 Å². The molecule has 53 heavy (non-hydrogen) atoms. The maximum absolute atomic E-state index is 13.5. The van der Waals surface area contributed by atoms with Crippen molar-refractivity contribution in [1.29, 1.82) is 0 Å².